The van der Waals surface area contributed by atoms with Crippen LogP contribution in [0.4, 0.5) is 0 Å². The molecule has 0 aliphatic carbocycles. The molecular weight excluding hydrogens is 308 g/mol. The molecule has 0 aromatic rings. The summed E-state index contributed by atoms with van der Waals surface area (Å²) in [7, 11) is 1.44. The number of allylic oxidation sites excluding steroid dienone is 1. The van der Waals surface area contributed by atoms with Crippen molar-refractivity contribution in [2.24, 2.45) is 0 Å². The molecule has 136 valence electrons. The molecule has 0 amide bonds. The van der Waals surface area contributed by atoms with Crippen molar-refractivity contribution in [3.8, 4) is 0 Å². The summed E-state index contributed by atoms with van der Waals surface area (Å²) >= 11 is 1.94. The number of esters is 1. The maximum atomic E-state index is 10.9. The van der Waals surface area contributed by atoms with E-state index < -0.39 is 0 Å². The zero-order valence-corrected chi connectivity index (χ0v) is 15.9. The van der Waals surface area contributed by atoms with Crippen molar-refractivity contribution in [3.05, 3.63) is 12.2 Å². The zero-order chi connectivity index (χ0) is 17.2. The van der Waals surface area contributed by atoms with Gasteiger partial charge in [0.25, 0.3) is 0 Å². The highest BCUT2D eigenvalue weighted by atomic mass is 32.2. The molecule has 23 heavy (non-hydrogen) atoms. The molecular formula is C19H36O3S. The van der Waals surface area contributed by atoms with Crippen molar-refractivity contribution in [1.29, 1.82) is 0 Å². The van der Waals surface area contributed by atoms with Gasteiger partial charge in [0.1, 0.15) is 0 Å². The molecule has 0 radical (unpaired) electrons. The zero-order valence-electron chi connectivity index (χ0n) is 15.1. The van der Waals surface area contributed by atoms with E-state index in [0.29, 0.717) is 6.42 Å². The molecule has 3 nitrogen and oxygen atoms in total. The second kappa shape index (κ2) is 17.9. The number of hydrogen-bond donors (Lipinski definition) is 1. The molecule has 0 aliphatic heterocycles. The second-order valence-corrected chi connectivity index (χ2v) is 7.21. The van der Waals surface area contributed by atoms with Crippen molar-refractivity contribution in [2.45, 2.75) is 83.7 Å². The second-order valence-electron chi connectivity index (χ2n) is 5.99. The molecule has 0 saturated carbocycles. The fourth-order valence-corrected chi connectivity index (χ4v) is 3.24. The van der Waals surface area contributed by atoms with E-state index in [2.05, 4.69) is 17.7 Å². The van der Waals surface area contributed by atoms with Gasteiger partial charge < -0.3 is 9.84 Å². The van der Waals surface area contributed by atoms with Gasteiger partial charge in [-0.05, 0) is 43.6 Å². The summed E-state index contributed by atoms with van der Waals surface area (Å²) in [5, 5.41) is 9.67. The highest BCUT2D eigenvalue weighted by Gasteiger charge is 1.99. The maximum absolute atomic E-state index is 10.9. The summed E-state index contributed by atoms with van der Waals surface area (Å²) in [6.07, 6.45) is 15.9. The average Bonchev–Trinajstić information content (AvgIpc) is 2.56. The van der Waals surface area contributed by atoms with E-state index in [1.807, 2.05) is 17.8 Å². The third kappa shape index (κ3) is 17.7. The van der Waals surface area contributed by atoms with Crippen molar-refractivity contribution in [3.63, 3.8) is 0 Å². The number of unbranched alkanes of at least 4 members (excludes halogenated alkanes) is 6. The van der Waals surface area contributed by atoms with Gasteiger partial charge in [-0.1, -0.05) is 51.2 Å². The van der Waals surface area contributed by atoms with E-state index in [1.165, 1.54) is 45.0 Å². The highest BCUT2D eigenvalue weighted by Crippen LogP contribution is 2.12. The van der Waals surface area contributed by atoms with Crippen LogP contribution in [0.25, 0.3) is 0 Å². The van der Waals surface area contributed by atoms with Gasteiger partial charge in [-0.3, -0.25) is 4.79 Å². The molecule has 1 atom stereocenters. The van der Waals surface area contributed by atoms with Crippen LogP contribution >= 0.6 is 11.8 Å². The molecule has 4 heteroatoms. The lowest BCUT2D eigenvalue weighted by Crippen LogP contribution is -2.00. The summed E-state index contributed by atoms with van der Waals surface area (Å²) in [4.78, 5) is 10.9. The Morgan fingerprint density at radius 3 is 2.52 bits per heavy atom. The molecule has 0 bridgehead atoms. The van der Waals surface area contributed by atoms with Gasteiger partial charge in [0.15, 0.2) is 0 Å². The number of carbonyl (C=O) groups excluding carboxylic acids is 1. The minimum Gasteiger partial charge on any atom is -0.469 e. The molecule has 0 heterocycles. The standard InChI is InChI=1S/C19H36O3S/c1-3-4-13-18(20)14-10-8-6-5-7-9-11-16-23-17-12-15-19(21)22-2/h10,14,18,20H,3-9,11-13,15-17H2,1-2H3. The van der Waals surface area contributed by atoms with E-state index in [0.717, 1.165) is 37.9 Å². The van der Waals surface area contributed by atoms with Gasteiger partial charge in [0.2, 0.25) is 0 Å². The van der Waals surface area contributed by atoms with Crippen LogP contribution in [0.5, 0.6) is 0 Å². The van der Waals surface area contributed by atoms with Gasteiger partial charge in [-0.15, -0.1) is 0 Å². The predicted octanol–water partition coefficient (Wildman–Crippen LogP) is 5.12. The minimum absolute atomic E-state index is 0.0995. The van der Waals surface area contributed by atoms with Crippen molar-refractivity contribution in [1.82, 2.24) is 0 Å². The van der Waals surface area contributed by atoms with E-state index in [1.54, 1.807) is 0 Å². The number of hydrogen-bond acceptors (Lipinski definition) is 4. The van der Waals surface area contributed by atoms with Crippen LogP contribution in [0, 0.1) is 0 Å². The number of thioether (sulfide) groups is 1. The fourth-order valence-electron chi connectivity index (χ4n) is 2.28. The van der Waals surface area contributed by atoms with Gasteiger partial charge in [-0.25, -0.2) is 0 Å². The molecule has 0 fully saturated rings. The van der Waals surface area contributed by atoms with Crippen LogP contribution in [0.2, 0.25) is 0 Å². The molecule has 0 aromatic carbocycles. The first-order valence-corrected chi connectivity index (χ1v) is 10.4. The molecule has 0 aliphatic rings. The summed E-state index contributed by atoms with van der Waals surface area (Å²) in [6, 6.07) is 0. The van der Waals surface area contributed by atoms with E-state index in [9.17, 15) is 9.90 Å². The van der Waals surface area contributed by atoms with E-state index >= 15 is 0 Å². The Labute approximate surface area is 147 Å². The van der Waals surface area contributed by atoms with Gasteiger partial charge in [-0.2, -0.15) is 11.8 Å². The number of carbonyl (C=O) groups is 1. The van der Waals surface area contributed by atoms with Crippen LogP contribution in [0.15, 0.2) is 12.2 Å². The molecule has 1 N–H and O–H groups in total. The largest absolute Gasteiger partial charge is 0.469 e. The lowest BCUT2D eigenvalue weighted by atomic mass is 10.1. The van der Waals surface area contributed by atoms with Gasteiger partial charge in [0, 0.05) is 6.42 Å². The quantitative estimate of drug-likeness (QED) is 0.240. The Morgan fingerprint density at radius 2 is 1.78 bits per heavy atom. The van der Waals surface area contributed by atoms with Crippen LogP contribution in [0.3, 0.4) is 0 Å². The fraction of sp³-hybridized carbons (Fsp3) is 0.842. The summed E-state index contributed by atoms with van der Waals surface area (Å²) in [6.45, 7) is 2.15. The first-order chi connectivity index (χ1) is 11.2. The van der Waals surface area contributed by atoms with Crippen LogP contribution in [-0.2, 0) is 9.53 Å². The Bertz CT molecular complexity index is 292. The van der Waals surface area contributed by atoms with E-state index in [4.69, 9.17) is 0 Å². The SMILES string of the molecule is CCCCC(O)C=CCCCCCCCSCCCC(=O)OC. The maximum Gasteiger partial charge on any atom is 0.305 e. The first kappa shape index (κ1) is 22.5. The van der Waals surface area contributed by atoms with Crippen molar-refractivity contribution < 1.29 is 14.6 Å². The third-order valence-electron chi connectivity index (χ3n) is 3.77. The average molecular weight is 345 g/mol. The summed E-state index contributed by atoms with van der Waals surface area (Å²) in [5.74, 6) is 2.16. The Balaban J connectivity index is 3.19. The van der Waals surface area contributed by atoms with Crippen LogP contribution in [-0.4, -0.2) is 35.8 Å². The Hall–Kier alpha value is -0.480. The lowest BCUT2D eigenvalue weighted by molar-refractivity contribution is -0.140. The molecule has 1 unspecified atom stereocenters. The number of aliphatic hydroxyl groups excluding tert-OH is 1. The highest BCUT2D eigenvalue weighted by molar-refractivity contribution is 7.99. The van der Waals surface area contributed by atoms with E-state index in [-0.39, 0.29) is 12.1 Å². The third-order valence-corrected chi connectivity index (χ3v) is 4.92. The number of rotatable bonds is 16. The molecule has 0 rings (SSSR count). The van der Waals surface area contributed by atoms with Crippen LogP contribution < -0.4 is 0 Å². The number of aliphatic hydroxyl groups is 1. The van der Waals surface area contributed by atoms with Crippen LogP contribution in [0.1, 0.15) is 77.6 Å². The normalized spacial score (nSPS) is 12.7. The summed E-state index contributed by atoms with van der Waals surface area (Å²) in [5.41, 5.74) is 0. The monoisotopic (exact) mass is 344 g/mol. The topological polar surface area (TPSA) is 46.5 Å². The first-order valence-electron chi connectivity index (χ1n) is 9.20. The Morgan fingerprint density at radius 1 is 1.09 bits per heavy atom. The number of methoxy groups -OCH3 is 1. The number of ether oxygens (including phenoxy) is 1. The Kier molecular flexibility index (Phi) is 17.5. The molecule has 0 saturated heterocycles. The predicted molar refractivity (Wildman–Crippen MR) is 101 cm³/mol. The summed E-state index contributed by atoms with van der Waals surface area (Å²) < 4.78 is 4.61. The van der Waals surface area contributed by atoms with Crippen molar-refractivity contribution >= 4 is 17.7 Å². The molecule has 0 aromatic heterocycles. The molecule has 0 spiro atoms. The lowest BCUT2D eigenvalue weighted by Gasteiger charge is -2.03. The minimum atomic E-state index is -0.244. The van der Waals surface area contributed by atoms with Gasteiger partial charge in [0.05, 0.1) is 13.2 Å². The smallest absolute Gasteiger partial charge is 0.305 e. The van der Waals surface area contributed by atoms with Gasteiger partial charge >= 0.3 is 5.97 Å². The van der Waals surface area contributed by atoms with Crippen molar-refractivity contribution in [2.75, 3.05) is 18.6 Å².